The quantitative estimate of drug-likeness (QED) is 0.799. The summed E-state index contributed by atoms with van der Waals surface area (Å²) in [5.41, 5.74) is 3.62. The van der Waals surface area contributed by atoms with Crippen molar-refractivity contribution in [2.75, 3.05) is 20.3 Å². The van der Waals surface area contributed by atoms with Crippen molar-refractivity contribution in [2.24, 2.45) is 0 Å². The molecule has 1 aromatic carbocycles. The van der Waals surface area contributed by atoms with Crippen molar-refractivity contribution in [3.8, 4) is 5.75 Å². The topological polar surface area (TPSA) is 77.6 Å². The van der Waals surface area contributed by atoms with Crippen molar-refractivity contribution in [1.29, 1.82) is 0 Å². The van der Waals surface area contributed by atoms with E-state index in [4.69, 9.17) is 14.2 Å². The van der Waals surface area contributed by atoms with Crippen LogP contribution in [0.3, 0.4) is 0 Å². The number of nitrogens with one attached hydrogen (secondary N) is 1. The van der Waals surface area contributed by atoms with E-state index in [1.807, 2.05) is 31.2 Å². The smallest absolute Gasteiger partial charge is 0.355 e. The van der Waals surface area contributed by atoms with E-state index >= 15 is 0 Å². The lowest BCUT2D eigenvalue weighted by Crippen LogP contribution is -2.18. The van der Waals surface area contributed by atoms with E-state index in [-0.39, 0.29) is 24.4 Å². The number of rotatable bonds is 5. The summed E-state index contributed by atoms with van der Waals surface area (Å²) >= 11 is 0. The summed E-state index contributed by atoms with van der Waals surface area (Å²) in [6.07, 6.45) is 3.01. The van der Waals surface area contributed by atoms with Gasteiger partial charge in [0.2, 0.25) is 0 Å². The Morgan fingerprint density at radius 2 is 2.04 bits per heavy atom. The third-order valence-corrected chi connectivity index (χ3v) is 5.70. The van der Waals surface area contributed by atoms with E-state index in [1.165, 1.54) is 0 Å². The Balaban J connectivity index is 1.51. The summed E-state index contributed by atoms with van der Waals surface area (Å²) in [7, 11) is 1.63. The summed E-state index contributed by atoms with van der Waals surface area (Å²) < 4.78 is 16.1. The van der Waals surface area contributed by atoms with E-state index in [1.54, 1.807) is 7.11 Å². The minimum absolute atomic E-state index is 0.0186. The van der Waals surface area contributed by atoms with Crippen LogP contribution in [-0.2, 0) is 15.9 Å². The van der Waals surface area contributed by atoms with Crippen LogP contribution in [0, 0.1) is 6.92 Å². The Kier molecular flexibility index (Phi) is 5.22. The van der Waals surface area contributed by atoms with Gasteiger partial charge < -0.3 is 19.2 Å². The largest absolute Gasteiger partial charge is 0.497 e. The minimum Gasteiger partial charge on any atom is -0.497 e. The molecule has 2 atom stereocenters. The summed E-state index contributed by atoms with van der Waals surface area (Å²) in [5.74, 6) is 0.517. The second-order valence-corrected chi connectivity index (χ2v) is 7.51. The SMILES string of the molecule is COc1ccc([C@@H]2CC(=O)c3c([nH]c(C(=O)OC[C@H]4CCCO4)c3C)C2)cc1. The minimum atomic E-state index is -0.420. The molecule has 0 unspecified atom stereocenters. The van der Waals surface area contributed by atoms with Crippen LogP contribution >= 0.6 is 0 Å². The second kappa shape index (κ2) is 7.80. The molecule has 1 fully saturated rings. The van der Waals surface area contributed by atoms with Gasteiger partial charge in [0.15, 0.2) is 5.78 Å². The molecule has 2 heterocycles. The average Bonchev–Trinajstić information content (AvgIpc) is 3.34. The molecule has 148 valence electrons. The number of H-pyrrole nitrogens is 1. The van der Waals surface area contributed by atoms with Gasteiger partial charge in [0.25, 0.3) is 0 Å². The fourth-order valence-corrected chi connectivity index (χ4v) is 4.17. The second-order valence-electron chi connectivity index (χ2n) is 7.51. The van der Waals surface area contributed by atoms with Crippen molar-refractivity contribution in [1.82, 2.24) is 4.98 Å². The molecule has 0 bridgehead atoms. The number of hydrogen-bond acceptors (Lipinski definition) is 5. The highest BCUT2D eigenvalue weighted by molar-refractivity contribution is 6.03. The van der Waals surface area contributed by atoms with Gasteiger partial charge in [-0.3, -0.25) is 4.79 Å². The number of aromatic amines is 1. The van der Waals surface area contributed by atoms with Crippen LogP contribution in [0.2, 0.25) is 0 Å². The maximum Gasteiger partial charge on any atom is 0.355 e. The number of ether oxygens (including phenoxy) is 3. The van der Waals surface area contributed by atoms with Crippen LogP contribution in [0.4, 0.5) is 0 Å². The van der Waals surface area contributed by atoms with Gasteiger partial charge in [-0.05, 0) is 55.4 Å². The van der Waals surface area contributed by atoms with Crippen LogP contribution < -0.4 is 4.74 Å². The number of ketones is 1. The van der Waals surface area contributed by atoms with Gasteiger partial charge in [-0.2, -0.15) is 0 Å². The van der Waals surface area contributed by atoms with Crippen molar-refractivity contribution >= 4 is 11.8 Å². The zero-order chi connectivity index (χ0) is 19.7. The first-order chi connectivity index (χ1) is 13.6. The van der Waals surface area contributed by atoms with Crippen molar-refractivity contribution in [3.05, 3.63) is 52.3 Å². The zero-order valence-electron chi connectivity index (χ0n) is 16.2. The van der Waals surface area contributed by atoms with E-state index < -0.39 is 5.97 Å². The highest BCUT2D eigenvalue weighted by Gasteiger charge is 2.32. The van der Waals surface area contributed by atoms with Gasteiger partial charge in [-0.25, -0.2) is 4.79 Å². The van der Waals surface area contributed by atoms with Crippen LogP contribution in [0.15, 0.2) is 24.3 Å². The number of esters is 1. The molecular weight excluding hydrogens is 358 g/mol. The molecule has 1 N–H and O–H groups in total. The van der Waals surface area contributed by atoms with Crippen LogP contribution in [0.5, 0.6) is 5.75 Å². The third kappa shape index (κ3) is 3.56. The Bertz CT molecular complexity index is 877. The molecule has 1 aromatic heterocycles. The summed E-state index contributed by atoms with van der Waals surface area (Å²) in [6.45, 7) is 2.78. The zero-order valence-corrected chi connectivity index (χ0v) is 16.2. The number of Topliss-reactive ketones (excluding diaryl/α,β-unsaturated/α-hetero) is 1. The molecule has 1 aliphatic carbocycles. The van der Waals surface area contributed by atoms with Crippen LogP contribution in [0.25, 0.3) is 0 Å². The Labute approximate surface area is 164 Å². The lowest BCUT2D eigenvalue weighted by atomic mass is 9.81. The van der Waals surface area contributed by atoms with Gasteiger partial charge in [-0.1, -0.05) is 12.1 Å². The molecule has 6 nitrogen and oxygen atoms in total. The van der Waals surface area contributed by atoms with Gasteiger partial charge in [-0.15, -0.1) is 0 Å². The normalized spacial score (nSPS) is 21.4. The Hall–Kier alpha value is -2.60. The van der Waals surface area contributed by atoms with Crippen molar-refractivity contribution < 1.29 is 23.8 Å². The third-order valence-electron chi connectivity index (χ3n) is 5.70. The first-order valence-corrected chi connectivity index (χ1v) is 9.74. The number of carbonyl (C=O) groups excluding carboxylic acids is 2. The molecule has 2 aliphatic rings. The fourth-order valence-electron chi connectivity index (χ4n) is 4.17. The van der Waals surface area contributed by atoms with Crippen LogP contribution in [0.1, 0.15) is 62.8 Å². The number of hydrogen-bond donors (Lipinski definition) is 1. The number of methoxy groups -OCH3 is 1. The number of carbonyl (C=O) groups is 2. The first kappa shape index (κ1) is 18.7. The summed E-state index contributed by atoms with van der Waals surface area (Å²) in [6, 6.07) is 7.80. The van der Waals surface area contributed by atoms with Gasteiger partial charge in [0.05, 0.1) is 13.2 Å². The Morgan fingerprint density at radius 1 is 1.25 bits per heavy atom. The van der Waals surface area contributed by atoms with E-state index in [9.17, 15) is 9.59 Å². The van der Waals surface area contributed by atoms with Crippen LogP contribution in [-0.4, -0.2) is 43.2 Å². The molecule has 28 heavy (non-hydrogen) atoms. The monoisotopic (exact) mass is 383 g/mol. The molecule has 0 radical (unpaired) electrons. The van der Waals surface area contributed by atoms with Gasteiger partial charge >= 0.3 is 5.97 Å². The van der Waals surface area contributed by atoms with E-state index in [0.29, 0.717) is 29.7 Å². The maximum atomic E-state index is 12.8. The standard InChI is InChI=1S/C22H25NO5/c1-13-20-18(23-21(13)22(25)28-12-17-4-3-9-27-17)10-15(11-19(20)24)14-5-7-16(26-2)8-6-14/h5-8,15,17,23H,3-4,9-12H2,1-2H3/t15-,17+/m0/s1. The average molecular weight is 383 g/mol. The molecule has 1 aliphatic heterocycles. The summed E-state index contributed by atoms with van der Waals surface area (Å²) in [5, 5.41) is 0. The highest BCUT2D eigenvalue weighted by atomic mass is 16.6. The maximum absolute atomic E-state index is 12.8. The van der Waals surface area contributed by atoms with E-state index in [0.717, 1.165) is 36.5 Å². The number of fused-ring (bicyclic) bond motifs is 1. The molecule has 0 amide bonds. The molecule has 4 rings (SSSR count). The van der Waals surface area contributed by atoms with Gasteiger partial charge in [0.1, 0.15) is 18.1 Å². The van der Waals surface area contributed by atoms with Gasteiger partial charge in [0, 0.05) is 24.3 Å². The Morgan fingerprint density at radius 3 is 2.71 bits per heavy atom. The van der Waals surface area contributed by atoms with Crippen molar-refractivity contribution in [2.45, 2.75) is 44.6 Å². The molecule has 0 spiro atoms. The molecule has 1 saturated heterocycles. The number of aromatic nitrogens is 1. The fraction of sp³-hybridized carbons (Fsp3) is 0.455. The molecule has 2 aromatic rings. The predicted molar refractivity (Wildman–Crippen MR) is 103 cm³/mol. The molecule has 6 heteroatoms. The number of benzene rings is 1. The first-order valence-electron chi connectivity index (χ1n) is 9.74. The lowest BCUT2D eigenvalue weighted by molar-refractivity contribution is 0.0156. The lowest BCUT2D eigenvalue weighted by Gasteiger charge is -2.22. The van der Waals surface area contributed by atoms with E-state index in [2.05, 4.69) is 4.98 Å². The molecule has 0 saturated carbocycles. The van der Waals surface area contributed by atoms with Crippen molar-refractivity contribution in [3.63, 3.8) is 0 Å². The predicted octanol–water partition coefficient (Wildman–Crippen LogP) is 3.58. The molecular formula is C22H25NO5. The highest BCUT2D eigenvalue weighted by Crippen LogP contribution is 2.35. The summed E-state index contributed by atoms with van der Waals surface area (Å²) in [4.78, 5) is 28.5.